The van der Waals surface area contributed by atoms with E-state index in [-0.39, 0.29) is 39.7 Å². The molecule has 3 aromatic carbocycles. The summed E-state index contributed by atoms with van der Waals surface area (Å²) >= 11 is 12.2. The Labute approximate surface area is 231 Å². The van der Waals surface area contributed by atoms with Crippen LogP contribution in [0.5, 0.6) is 0 Å². The van der Waals surface area contributed by atoms with Crippen molar-refractivity contribution in [3.63, 3.8) is 0 Å². The van der Waals surface area contributed by atoms with E-state index in [0.717, 1.165) is 6.07 Å². The molecule has 3 atom stereocenters. The van der Waals surface area contributed by atoms with Gasteiger partial charge in [0, 0.05) is 34.2 Å². The maximum atomic E-state index is 15.7. The van der Waals surface area contributed by atoms with Gasteiger partial charge in [-0.1, -0.05) is 74.3 Å². The zero-order chi connectivity index (χ0) is 27.8. The second-order valence-corrected chi connectivity index (χ2v) is 11.8. The first-order valence-corrected chi connectivity index (χ1v) is 13.0. The molecule has 3 aromatic rings. The molecule has 1 aliphatic rings. The number of hydrogen-bond donors (Lipinski definition) is 1. The number of hydrogen-bond acceptors (Lipinski definition) is 3. The number of halogens is 4. The van der Waals surface area contributed by atoms with Crippen molar-refractivity contribution in [2.45, 2.75) is 45.3 Å². The molecule has 38 heavy (non-hydrogen) atoms. The Bertz CT molecular complexity index is 1400. The van der Waals surface area contributed by atoms with Crippen molar-refractivity contribution in [2.24, 2.45) is 11.3 Å². The number of aliphatic hydroxyl groups is 1. The van der Waals surface area contributed by atoms with Crippen LogP contribution in [-0.2, 0) is 12.0 Å². The number of carbonyl (C=O) groups excluding carboxylic acids is 1. The largest absolute Gasteiger partial charge is 0.392 e. The van der Waals surface area contributed by atoms with Crippen LogP contribution in [-0.4, -0.2) is 22.5 Å². The van der Waals surface area contributed by atoms with Crippen LogP contribution < -0.4 is 0 Å². The van der Waals surface area contributed by atoms with Crippen molar-refractivity contribution in [3.8, 4) is 6.07 Å². The summed E-state index contributed by atoms with van der Waals surface area (Å²) in [6.07, 6.45) is 0.453. The maximum Gasteiger partial charge on any atom is 0.254 e. The Morgan fingerprint density at radius 2 is 1.82 bits per heavy atom. The monoisotopic (exact) mass is 556 g/mol. The van der Waals surface area contributed by atoms with Gasteiger partial charge in [-0.15, -0.1) is 0 Å². The summed E-state index contributed by atoms with van der Waals surface area (Å²) < 4.78 is 31.4. The van der Waals surface area contributed by atoms with Crippen LogP contribution in [0.25, 0.3) is 0 Å². The Hall–Kier alpha value is -2.98. The molecule has 1 saturated heterocycles. The van der Waals surface area contributed by atoms with Crippen LogP contribution >= 0.6 is 23.2 Å². The summed E-state index contributed by atoms with van der Waals surface area (Å²) in [6, 6.07) is 16.1. The highest BCUT2D eigenvalue weighted by Crippen LogP contribution is 2.56. The molecule has 0 bridgehead atoms. The molecule has 1 fully saturated rings. The molecule has 1 N–H and O–H groups in total. The minimum Gasteiger partial charge on any atom is -0.392 e. The summed E-state index contributed by atoms with van der Waals surface area (Å²) in [5, 5.41) is 20.3. The van der Waals surface area contributed by atoms with Crippen molar-refractivity contribution in [1.29, 1.82) is 5.26 Å². The number of benzene rings is 3. The van der Waals surface area contributed by atoms with Gasteiger partial charge < -0.3 is 10.0 Å². The number of aliphatic hydroxyl groups excluding tert-OH is 1. The summed E-state index contributed by atoms with van der Waals surface area (Å²) in [5.74, 6) is -2.46. The third-order valence-electron chi connectivity index (χ3n) is 7.14. The zero-order valence-corrected chi connectivity index (χ0v) is 22.8. The molecule has 0 radical (unpaired) electrons. The molecule has 1 heterocycles. The van der Waals surface area contributed by atoms with E-state index < -0.39 is 34.9 Å². The van der Waals surface area contributed by atoms with Gasteiger partial charge in [-0.3, -0.25) is 4.79 Å². The van der Waals surface area contributed by atoms with Gasteiger partial charge >= 0.3 is 0 Å². The highest BCUT2D eigenvalue weighted by atomic mass is 35.5. The van der Waals surface area contributed by atoms with E-state index >= 15 is 8.78 Å². The lowest BCUT2D eigenvalue weighted by atomic mass is 9.63. The smallest absolute Gasteiger partial charge is 0.254 e. The molecule has 198 valence electrons. The topological polar surface area (TPSA) is 64.3 Å². The van der Waals surface area contributed by atoms with Gasteiger partial charge in [0.15, 0.2) is 0 Å². The number of nitrogens with zero attached hydrogens (tertiary/aromatic N) is 2. The summed E-state index contributed by atoms with van der Waals surface area (Å²) in [4.78, 5) is 15.5. The molecule has 0 aromatic heterocycles. The fourth-order valence-corrected chi connectivity index (χ4v) is 5.93. The van der Waals surface area contributed by atoms with E-state index in [1.807, 2.05) is 20.8 Å². The average molecular weight is 557 g/mol. The maximum absolute atomic E-state index is 15.7. The lowest BCUT2D eigenvalue weighted by molar-refractivity contribution is 0.0713. The number of likely N-dealkylation sites (tertiary alicyclic amines) is 1. The Morgan fingerprint density at radius 3 is 2.39 bits per heavy atom. The summed E-state index contributed by atoms with van der Waals surface area (Å²) in [5.41, 5.74) is -0.933. The van der Waals surface area contributed by atoms with Crippen LogP contribution in [0.3, 0.4) is 0 Å². The first-order valence-electron chi connectivity index (χ1n) is 12.2. The van der Waals surface area contributed by atoms with Crippen LogP contribution in [0.15, 0.2) is 60.7 Å². The number of nitriles is 1. The highest BCUT2D eigenvalue weighted by Gasteiger charge is 2.60. The Kier molecular flexibility index (Phi) is 7.86. The lowest BCUT2D eigenvalue weighted by Gasteiger charge is -2.38. The molecule has 4 rings (SSSR count). The lowest BCUT2D eigenvalue weighted by Crippen LogP contribution is -2.41. The number of rotatable bonds is 5. The summed E-state index contributed by atoms with van der Waals surface area (Å²) in [6.45, 7) is 5.90. The second kappa shape index (κ2) is 10.6. The number of carbonyl (C=O) groups is 1. The molecular formula is C30H28Cl2F2N2O2. The van der Waals surface area contributed by atoms with Gasteiger partial charge in [-0.05, 0) is 47.7 Å². The van der Waals surface area contributed by atoms with Crippen molar-refractivity contribution in [2.75, 3.05) is 6.54 Å². The molecule has 8 heteroatoms. The van der Waals surface area contributed by atoms with Crippen LogP contribution in [0.1, 0.15) is 60.3 Å². The Morgan fingerprint density at radius 1 is 1.13 bits per heavy atom. The van der Waals surface area contributed by atoms with Crippen molar-refractivity contribution < 1.29 is 18.7 Å². The van der Waals surface area contributed by atoms with E-state index in [4.69, 9.17) is 23.2 Å². The zero-order valence-electron chi connectivity index (χ0n) is 21.3. The molecule has 4 nitrogen and oxygen atoms in total. The molecule has 0 saturated carbocycles. The standard InChI is InChI=1S/C30H28Cl2F2N2O2/c1-29(2,3)14-20-15-36(28(38)19-9-7-18(16-37)8-10-19)27(22-5-4-6-24(32)26(22)34)30(20,17-35)23-12-11-21(31)13-25(23)33/h4-13,20,27,37H,14-16H2,1-3H3. The normalized spacial score (nSPS) is 21.4. The van der Waals surface area contributed by atoms with E-state index in [1.54, 1.807) is 30.3 Å². The second-order valence-electron chi connectivity index (χ2n) is 10.9. The van der Waals surface area contributed by atoms with Gasteiger partial charge in [-0.25, -0.2) is 8.78 Å². The minimum atomic E-state index is -1.64. The third-order valence-corrected chi connectivity index (χ3v) is 7.67. The van der Waals surface area contributed by atoms with E-state index in [1.165, 1.54) is 29.2 Å². The van der Waals surface area contributed by atoms with Gasteiger partial charge in [0.25, 0.3) is 5.91 Å². The van der Waals surface area contributed by atoms with Crippen molar-refractivity contribution in [1.82, 2.24) is 4.90 Å². The molecule has 1 amide bonds. The molecule has 1 aliphatic heterocycles. The fraction of sp³-hybridized carbons (Fsp3) is 0.333. The quantitative estimate of drug-likeness (QED) is 0.354. The van der Waals surface area contributed by atoms with E-state index in [0.29, 0.717) is 17.5 Å². The fourth-order valence-electron chi connectivity index (χ4n) is 5.59. The average Bonchev–Trinajstić information content (AvgIpc) is 3.18. The summed E-state index contributed by atoms with van der Waals surface area (Å²) in [7, 11) is 0. The SMILES string of the molecule is CC(C)(C)CC1CN(C(=O)c2ccc(CO)cc2)C(c2cccc(Cl)c2F)C1(C#N)c1ccc(Cl)cc1F. The molecule has 3 unspecified atom stereocenters. The van der Waals surface area contributed by atoms with Gasteiger partial charge in [-0.2, -0.15) is 5.26 Å². The number of amides is 1. The van der Waals surface area contributed by atoms with Crippen LogP contribution in [0.4, 0.5) is 8.78 Å². The van der Waals surface area contributed by atoms with Crippen LogP contribution in [0.2, 0.25) is 10.0 Å². The van der Waals surface area contributed by atoms with Gasteiger partial charge in [0.1, 0.15) is 17.0 Å². The van der Waals surface area contributed by atoms with E-state index in [2.05, 4.69) is 6.07 Å². The molecular weight excluding hydrogens is 529 g/mol. The first kappa shape index (κ1) is 28.0. The molecule has 0 aliphatic carbocycles. The first-order chi connectivity index (χ1) is 17.9. The third kappa shape index (κ3) is 5.03. The minimum absolute atomic E-state index is 0.0325. The van der Waals surface area contributed by atoms with E-state index in [9.17, 15) is 15.2 Å². The molecule has 0 spiro atoms. The van der Waals surface area contributed by atoms with Crippen molar-refractivity contribution in [3.05, 3.63) is 105 Å². The van der Waals surface area contributed by atoms with Gasteiger partial charge in [0.2, 0.25) is 0 Å². The predicted octanol–water partition coefficient (Wildman–Crippen LogP) is 7.47. The highest BCUT2D eigenvalue weighted by molar-refractivity contribution is 6.31. The van der Waals surface area contributed by atoms with Crippen molar-refractivity contribution >= 4 is 29.1 Å². The van der Waals surface area contributed by atoms with Gasteiger partial charge in [0.05, 0.1) is 23.7 Å². The Balaban J connectivity index is 2.01. The predicted molar refractivity (Wildman–Crippen MR) is 144 cm³/mol. The van der Waals surface area contributed by atoms with Crippen LogP contribution in [0, 0.1) is 34.3 Å².